The molecule has 0 spiro atoms. The molecular weight excluding hydrogens is 144 g/mol. The fraction of sp³-hybridized carbons (Fsp3) is 0.333. The summed E-state index contributed by atoms with van der Waals surface area (Å²) in [5.74, 6) is 1.36. The Labute approximate surface area is 73.2 Å². The minimum absolute atomic E-state index is 0.680. The van der Waals surface area contributed by atoms with Crippen LogP contribution >= 0.6 is 0 Å². The zero-order valence-electron chi connectivity index (χ0n) is 7.62. The first-order valence-electron chi connectivity index (χ1n) is 4.56. The highest BCUT2D eigenvalue weighted by Gasteiger charge is 2.09. The minimum Gasteiger partial charge on any atom is -0.0733 e. The molecule has 0 fully saturated rings. The van der Waals surface area contributed by atoms with E-state index >= 15 is 0 Å². The largest absolute Gasteiger partial charge is 0.0733 e. The summed E-state index contributed by atoms with van der Waals surface area (Å²) in [6, 6.07) is 8.58. The van der Waals surface area contributed by atoms with Gasteiger partial charge in [0, 0.05) is 0 Å². The van der Waals surface area contributed by atoms with E-state index in [2.05, 4.69) is 50.3 Å². The molecule has 12 heavy (non-hydrogen) atoms. The maximum absolute atomic E-state index is 2.36. The van der Waals surface area contributed by atoms with E-state index in [9.17, 15) is 0 Å². The first-order valence-corrected chi connectivity index (χ1v) is 4.56. The molecule has 0 N–H and O–H groups in total. The highest BCUT2D eigenvalue weighted by molar-refractivity contribution is 5.41. The van der Waals surface area contributed by atoms with Gasteiger partial charge in [-0.05, 0) is 22.3 Å². The SMILES string of the molecule is CC1C=c2ccccc2=C[C@@H]1C. The Hall–Kier alpha value is -1.04. The van der Waals surface area contributed by atoms with E-state index < -0.39 is 0 Å². The number of hydrogen-bond donors (Lipinski definition) is 0. The molecule has 62 valence electrons. The van der Waals surface area contributed by atoms with Gasteiger partial charge in [0.2, 0.25) is 0 Å². The smallest absolute Gasteiger partial charge is 0.0192 e. The van der Waals surface area contributed by atoms with E-state index in [0.717, 1.165) is 0 Å². The van der Waals surface area contributed by atoms with Crippen LogP contribution in [0.25, 0.3) is 12.2 Å². The van der Waals surface area contributed by atoms with Gasteiger partial charge in [-0.15, -0.1) is 0 Å². The van der Waals surface area contributed by atoms with Crippen molar-refractivity contribution in [1.82, 2.24) is 0 Å². The van der Waals surface area contributed by atoms with Gasteiger partial charge in [0.1, 0.15) is 0 Å². The first-order chi connectivity index (χ1) is 5.77. The van der Waals surface area contributed by atoms with Crippen LogP contribution in [0.4, 0.5) is 0 Å². The molecule has 2 rings (SSSR count). The molecule has 0 heterocycles. The molecule has 0 saturated heterocycles. The molecule has 1 unspecified atom stereocenters. The van der Waals surface area contributed by atoms with Gasteiger partial charge in [0.05, 0.1) is 0 Å². The molecule has 2 atom stereocenters. The van der Waals surface area contributed by atoms with Crippen LogP contribution < -0.4 is 10.4 Å². The van der Waals surface area contributed by atoms with Crippen molar-refractivity contribution in [1.29, 1.82) is 0 Å². The summed E-state index contributed by atoms with van der Waals surface area (Å²) in [4.78, 5) is 0. The number of hydrogen-bond acceptors (Lipinski definition) is 0. The molecule has 0 bridgehead atoms. The standard InChI is InChI=1S/C12H14/c1-9-7-11-5-3-4-6-12(11)8-10(9)2/h3-10H,1-2H3/t9-,10?/m0/s1. The Bertz CT molecular complexity index is 348. The lowest BCUT2D eigenvalue weighted by Gasteiger charge is -2.15. The Balaban J connectivity index is 2.70. The van der Waals surface area contributed by atoms with Gasteiger partial charge in [0.15, 0.2) is 0 Å². The first kappa shape index (κ1) is 7.60. The monoisotopic (exact) mass is 158 g/mol. The summed E-state index contributed by atoms with van der Waals surface area (Å²) in [5, 5.41) is 2.78. The van der Waals surface area contributed by atoms with Crippen LogP contribution in [0, 0.1) is 11.8 Å². The van der Waals surface area contributed by atoms with Gasteiger partial charge >= 0.3 is 0 Å². The van der Waals surface area contributed by atoms with Crippen molar-refractivity contribution in [3.8, 4) is 0 Å². The second-order valence-electron chi connectivity index (χ2n) is 3.68. The number of fused-ring (bicyclic) bond motifs is 1. The van der Waals surface area contributed by atoms with Crippen LogP contribution in [0.3, 0.4) is 0 Å². The van der Waals surface area contributed by atoms with Gasteiger partial charge in [-0.3, -0.25) is 0 Å². The second kappa shape index (κ2) is 2.78. The third-order valence-electron chi connectivity index (χ3n) is 2.71. The van der Waals surface area contributed by atoms with Gasteiger partial charge in [-0.2, -0.15) is 0 Å². The van der Waals surface area contributed by atoms with Crippen molar-refractivity contribution < 1.29 is 0 Å². The molecule has 0 radical (unpaired) electrons. The van der Waals surface area contributed by atoms with Crippen molar-refractivity contribution >= 4 is 12.2 Å². The van der Waals surface area contributed by atoms with Crippen molar-refractivity contribution in [3.63, 3.8) is 0 Å². The number of rotatable bonds is 0. The zero-order chi connectivity index (χ0) is 8.55. The Morgan fingerprint density at radius 3 is 1.67 bits per heavy atom. The van der Waals surface area contributed by atoms with E-state index in [1.165, 1.54) is 10.4 Å². The zero-order valence-corrected chi connectivity index (χ0v) is 7.62. The average Bonchev–Trinajstić information content (AvgIpc) is 2.07. The Morgan fingerprint density at radius 1 is 0.833 bits per heavy atom. The minimum atomic E-state index is 0.680. The van der Waals surface area contributed by atoms with Crippen LogP contribution in [0.5, 0.6) is 0 Å². The fourth-order valence-corrected chi connectivity index (χ4v) is 1.68. The van der Waals surface area contributed by atoms with Gasteiger partial charge in [-0.1, -0.05) is 50.3 Å². The molecule has 1 aromatic rings. The van der Waals surface area contributed by atoms with E-state index in [-0.39, 0.29) is 0 Å². The van der Waals surface area contributed by atoms with E-state index in [4.69, 9.17) is 0 Å². The van der Waals surface area contributed by atoms with Gasteiger partial charge in [0.25, 0.3) is 0 Å². The molecule has 0 aromatic heterocycles. The molecular formula is C12H14. The fourth-order valence-electron chi connectivity index (χ4n) is 1.68. The predicted molar refractivity (Wildman–Crippen MR) is 53.0 cm³/mol. The van der Waals surface area contributed by atoms with Crippen LogP contribution in [0.1, 0.15) is 13.8 Å². The van der Waals surface area contributed by atoms with Crippen molar-refractivity contribution in [3.05, 3.63) is 34.7 Å². The molecule has 1 aliphatic rings. The van der Waals surface area contributed by atoms with Gasteiger partial charge < -0.3 is 0 Å². The highest BCUT2D eigenvalue weighted by atomic mass is 14.1. The molecule has 1 aliphatic carbocycles. The lowest BCUT2D eigenvalue weighted by molar-refractivity contribution is 0.608. The third-order valence-corrected chi connectivity index (χ3v) is 2.71. The summed E-state index contributed by atoms with van der Waals surface area (Å²) in [6.07, 6.45) is 4.72. The Morgan fingerprint density at radius 2 is 1.25 bits per heavy atom. The number of benzene rings is 1. The van der Waals surface area contributed by atoms with Crippen LogP contribution in [0.2, 0.25) is 0 Å². The quantitative estimate of drug-likeness (QED) is 0.537. The van der Waals surface area contributed by atoms with E-state index in [1.807, 2.05) is 0 Å². The van der Waals surface area contributed by atoms with Crippen LogP contribution in [-0.2, 0) is 0 Å². The molecule has 0 saturated carbocycles. The lowest BCUT2D eigenvalue weighted by Crippen LogP contribution is -2.30. The molecule has 0 nitrogen and oxygen atoms in total. The van der Waals surface area contributed by atoms with Crippen LogP contribution in [-0.4, -0.2) is 0 Å². The normalized spacial score (nSPS) is 26.8. The van der Waals surface area contributed by atoms with Crippen molar-refractivity contribution in [2.75, 3.05) is 0 Å². The summed E-state index contributed by atoms with van der Waals surface area (Å²) >= 11 is 0. The average molecular weight is 158 g/mol. The summed E-state index contributed by atoms with van der Waals surface area (Å²) < 4.78 is 0. The lowest BCUT2D eigenvalue weighted by atomic mass is 9.90. The summed E-state index contributed by atoms with van der Waals surface area (Å²) in [5.41, 5.74) is 0. The highest BCUT2D eigenvalue weighted by Crippen LogP contribution is 2.14. The predicted octanol–water partition coefficient (Wildman–Crippen LogP) is 1.53. The third kappa shape index (κ3) is 1.18. The van der Waals surface area contributed by atoms with Crippen LogP contribution in [0.15, 0.2) is 24.3 Å². The summed E-state index contributed by atoms with van der Waals surface area (Å²) in [6.45, 7) is 4.55. The summed E-state index contributed by atoms with van der Waals surface area (Å²) in [7, 11) is 0. The van der Waals surface area contributed by atoms with E-state index in [1.54, 1.807) is 0 Å². The van der Waals surface area contributed by atoms with Crippen molar-refractivity contribution in [2.45, 2.75) is 13.8 Å². The van der Waals surface area contributed by atoms with Gasteiger partial charge in [-0.25, -0.2) is 0 Å². The second-order valence-corrected chi connectivity index (χ2v) is 3.68. The van der Waals surface area contributed by atoms with Crippen molar-refractivity contribution in [2.24, 2.45) is 11.8 Å². The molecule has 1 aromatic carbocycles. The molecule has 0 amide bonds. The maximum atomic E-state index is 2.36. The Kier molecular flexibility index (Phi) is 1.76. The van der Waals surface area contributed by atoms with E-state index in [0.29, 0.717) is 11.8 Å². The molecule has 0 aliphatic heterocycles. The molecule has 0 heteroatoms. The topological polar surface area (TPSA) is 0 Å². The maximum Gasteiger partial charge on any atom is -0.0192 e.